The van der Waals surface area contributed by atoms with Crippen molar-refractivity contribution in [2.24, 2.45) is 5.92 Å². The molecule has 51 heavy (non-hydrogen) atoms. The fraction of sp³-hybridized carbons (Fsp3) is 0.359. The van der Waals surface area contributed by atoms with Gasteiger partial charge in [-0.1, -0.05) is 24.3 Å². The van der Waals surface area contributed by atoms with E-state index in [1.54, 1.807) is 12.1 Å². The number of benzene rings is 2. The highest BCUT2D eigenvalue weighted by Crippen LogP contribution is 2.36. The second-order valence-electron chi connectivity index (χ2n) is 14.1. The monoisotopic (exact) mass is 684 g/mol. The molecule has 0 radical (unpaired) electrons. The fourth-order valence-corrected chi connectivity index (χ4v) is 8.10. The van der Waals surface area contributed by atoms with Crippen molar-refractivity contribution in [3.63, 3.8) is 0 Å². The highest BCUT2D eigenvalue weighted by atomic mass is 19.1. The maximum absolute atomic E-state index is 14.1. The number of anilines is 3. The van der Waals surface area contributed by atoms with E-state index in [4.69, 9.17) is 10.1 Å². The van der Waals surface area contributed by atoms with Gasteiger partial charge in [0.25, 0.3) is 5.56 Å². The molecular weight excluding hydrogens is 643 g/mol. The molecule has 11 nitrogen and oxygen atoms in total. The number of piperazine rings is 1. The molecule has 6 aromatic rings. The van der Waals surface area contributed by atoms with Crippen LogP contribution in [0, 0.1) is 18.7 Å². The molecule has 0 bridgehead atoms. The molecule has 3 aliphatic heterocycles. The molecule has 3 fully saturated rings. The number of aryl methyl sites for hydroxylation is 1. The Morgan fingerprint density at radius 2 is 1.73 bits per heavy atom. The van der Waals surface area contributed by atoms with Gasteiger partial charge < -0.3 is 19.7 Å². The fourth-order valence-electron chi connectivity index (χ4n) is 8.10. The van der Waals surface area contributed by atoms with Gasteiger partial charge in [-0.3, -0.25) is 9.69 Å². The average Bonchev–Trinajstić information content (AvgIpc) is 3.79. The molecule has 12 heteroatoms. The number of nitrogens with zero attached hydrogens (tertiary/aromatic N) is 9. The van der Waals surface area contributed by atoms with Crippen molar-refractivity contribution in [1.82, 2.24) is 34.4 Å². The van der Waals surface area contributed by atoms with Crippen molar-refractivity contribution < 1.29 is 4.39 Å². The van der Waals surface area contributed by atoms with Gasteiger partial charge in [-0.25, -0.2) is 23.9 Å². The summed E-state index contributed by atoms with van der Waals surface area (Å²) >= 11 is 0. The Morgan fingerprint density at radius 3 is 2.59 bits per heavy atom. The van der Waals surface area contributed by atoms with Crippen LogP contribution in [0.15, 0.2) is 83.8 Å². The van der Waals surface area contributed by atoms with Crippen LogP contribution < -0.4 is 20.3 Å². The third kappa shape index (κ3) is 6.07. The van der Waals surface area contributed by atoms with Gasteiger partial charge >= 0.3 is 0 Å². The summed E-state index contributed by atoms with van der Waals surface area (Å²) in [6.45, 7) is 9.53. The molecule has 0 saturated carbocycles. The van der Waals surface area contributed by atoms with E-state index in [2.05, 4.69) is 46.7 Å². The lowest BCUT2D eigenvalue weighted by Gasteiger charge is -2.43. The first-order valence-electron chi connectivity index (χ1n) is 18.0. The maximum atomic E-state index is 14.1. The normalized spacial score (nSPS) is 18.6. The number of imidazole rings is 1. The summed E-state index contributed by atoms with van der Waals surface area (Å²) in [5.41, 5.74) is 5.12. The van der Waals surface area contributed by atoms with Crippen LogP contribution in [0.1, 0.15) is 36.7 Å². The minimum Gasteiger partial charge on any atom is -0.370 e. The SMILES string of the molecule is Cc1nc2cccc(N3CC(CCN4CCN(c5cccc(-c6cnc7ccc(N8CCC[C@@H]8c8cccc(F)c8)nn67)n5)CC4)C3)c2c(=O)[nH]1. The molecule has 7 heterocycles. The molecule has 3 saturated heterocycles. The van der Waals surface area contributed by atoms with E-state index >= 15 is 0 Å². The van der Waals surface area contributed by atoms with Gasteiger partial charge in [0, 0.05) is 45.8 Å². The number of rotatable bonds is 8. The molecule has 1 N–H and O–H groups in total. The summed E-state index contributed by atoms with van der Waals surface area (Å²) < 4.78 is 16.0. The minimum absolute atomic E-state index is 0.0618. The Bertz CT molecular complexity index is 2270. The molecule has 260 valence electrons. The van der Waals surface area contributed by atoms with Crippen LogP contribution >= 0.6 is 0 Å². The van der Waals surface area contributed by atoms with Crippen molar-refractivity contribution >= 4 is 33.9 Å². The van der Waals surface area contributed by atoms with Crippen molar-refractivity contribution in [2.75, 3.05) is 67.1 Å². The van der Waals surface area contributed by atoms with Crippen molar-refractivity contribution in [1.29, 1.82) is 0 Å². The molecule has 2 aromatic carbocycles. The van der Waals surface area contributed by atoms with Crippen LogP contribution in [-0.4, -0.2) is 86.8 Å². The molecule has 0 aliphatic carbocycles. The van der Waals surface area contributed by atoms with E-state index in [1.807, 2.05) is 60.1 Å². The van der Waals surface area contributed by atoms with Gasteiger partial charge in [-0.15, -0.1) is 5.10 Å². The number of hydrogen-bond acceptors (Lipinski definition) is 9. The topological polar surface area (TPSA) is 102 Å². The molecule has 3 aliphatic rings. The minimum atomic E-state index is -0.209. The van der Waals surface area contributed by atoms with Gasteiger partial charge in [0.15, 0.2) is 5.65 Å². The van der Waals surface area contributed by atoms with Gasteiger partial charge in [-0.05, 0) is 92.7 Å². The first-order valence-corrected chi connectivity index (χ1v) is 18.0. The zero-order chi connectivity index (χ0) is 34.5. The van der Waals surface area contributed by atoms with E-state index in [9.17, 15) is 9.18 Å². The van der Waals surface area contributed by atoms with E-state index in [0.717, 1.165) is 117 Å². The van der Waals surface area contributed by atoms with Crippen LogP contribution in [0.2, 0.25) is 0 Å². The molecule has 1 atom stereocenters. The Balaban J connectivity index is 0.826. The quantitative estimate of drug-likeness (QED) is 0.224. The number of aromatic amines is 1. The van der Waals surface area contributed by atoms with Crippen LogP contribution in [0.25, 0.3) is 27.9 Å². The largest absolute Gasteiger partial charge is 0.370 e. The lowest BCUT2D eigenvalue weighted by molar-refractivity contribution is 0.227. The Kier molecular flexibility index (Phi) is 8.10. The van der Waals surface area contributed by atoms with Crippen LogP contribution in [0.5, 0.6) is 0 Å². The smallest absolute Gasteiger partial charge is 0.260 e. The third-order valence-electron chi connectivity index (χ3n) is 10.8. The number of H-pyrrole nitrogens is 1. The molecule has 4 aromatic heterocycles. The zero-order valence-corrected chi connectivity index (χ0v) is 28.7. The average molecular weight is 685 g/mol. The summed E-state index contributed by atoms with van der Waals surface area (Å²) in [6, 6.07) is 23.1. The number of hydrogen-bond donors (Lipinski definition) is 1. The summed E-state index contributed by atoms with van der Waals surface area (Å²) in [7, 11) is 0. The van der Waals surface area contributed by atoms with Gasteiger partial charge in [0.1, 0.15) is 29.0 Å². The lowest BCUT2D eigenvalue weighted by atomic mass is 9.94. The number of halogens is 1. The highest BCUT2D eigenvalue weighted by molar-refractivity contribution is 5.91. The number of pyridine rings is 1. The predicted molar refractivity (Wildman–Crippen MR) is 198 cm³/mol. The van der Waals surface area contributed by atoms with Crippen LogP contribution in [0.4, 0.5) is 21.7 Å². The van der Waals surface area contributed by atoms with E-state index < -0.39 is 0 Å². The van der Waals surface area contributed by atoms with E-state index in [0.29, 0.717) is 17.1 Å². The van der Waals surface area contributed by atoms with Gasteiger partial charge in [-0.2, -0.15) is 0 Å². The third-order valence-corrected chi connectivity index (χ3v) is 10.8. The number of fused-ring (bicyclic) bond motifs is 2. The Hall–Kier alpha value is -5.36. The van der Waals surface area contributed by atoms with Crippen molar-refractivity contribution in [2.45, 2.75) is 32.2 Å². The molecule has 0 unspecified atom stereocenters. The summed E-state index contributed by atoms with van der Waals surface area (Å²) in [5.74, 6) is 2.87. The zero-order valence-electron chi connectivity index (χ0n) is 28.7. The first-order chi connectivity index (χ1) is 25.0. The molecular formula is C39H41FN10O. The highest BCUT2D eigenvalue weighted by Gasteiger charge is 2.30. The van der Waals surface area contributed by atoms with Gasteiger partial charge in [0.05, 0.1) is 34.5 Å². The molecule has 0 amide bonds. The number of aromatic nitrogens is 6. The molecule has 0 spiro atoms. The van der Waals surface area contributed by atoms with Crippen molar-refractivity contribution in [3.8, 4) is 11.4 Å². The molecule has 9 rings (SSSR count). The standard InChI is InChI=1S/C39H41FN10O/c1-26-42-31-9-3-10-33(38(31)39(51)43-26)48-24-27(25-48)15-17-46-18-20-47(21-19-46)36-12-4-8-30(44-36)34-23-41-35-13-14-37(45-50(34)35)49-16-5-11-32(49)28-6-2-7-29(40)22-28/h2-4,6-10,12-14,22-23,27,32H,5,11,15-21,24-25H2,1H3,(H,42,43,51)/t32-/m1/s1. The van der Waals surface area contributed by atoms with Crippen molar-refractivity contribution in [3.05, 3.63) is 107 Å². The van der Waals surface area contributed by atoms with Crippen LogP contribution in [-0.2, 0) is 0 Å². The van der Waals surface area contributed by atoms with Crippen LogP contribution in [0.3, 0.4) is 0 Å². The Morgan fingerprint density at radius 1 is 0.882 bits per heavy atom. The lowest BCUT2D eigenvalue weighted by Crippen LogP contribution is -2.50. The second-order valence-corrected chi connectivity index (χ2v) is 14.1. The summed E-state index contributed by atoms with van der Waals surface area (Å²) in [4.78, 5) is 39.3. The number of nitrogens with one attached hydrogen (secondary N) is 1. The van der Waals surface area contributed by atoms with Gasteiger partial charge in [0.2, 0.25) is 0 Å². The maximum Gasteiger partial charge on any atom is 0.260 e. The summed E-state index contributed by atoms with van der Waals surface area (Å²) in [6.07, 6.45) is 4.98. The Labute approximate surface area is 295 Å². The first kappa shape index (κ1) is 31.6. The second kappa shape index (κ2) is 13.1. The predicted octanol–water partition coefficient (Wildman–Crippen LogP) is 5.47. The van der Waals surface area contributed by atoms with E-state index in [-0.39, 0.29) is 17.4 Å². The van der Waals surface area contributed by atoms with E-state index in [1.165, 1.54) is 6.07 Å². The summed E-state index contributed by atoms with van der Waals surface area (Å²) in [5, 5.41) is 5.73.